The number of Topliss-reactive ketones (excluding diaryl/α,β-unsaturated/α-hetero) is 1. The zero-order valence-electron chi connectivity index (χ0n) is 15.4. The van der Waals surface area contributed by atoms with E-state index in [-0.39, 0.29) is 29.5 Å². The highest BCUT2D eigenvalue weighted by Crippen LogP contribution is 2.20. The molecule has 0 saturated carbocycles. The van der Waals surface area contributed by atoms with E-state index >= 15 is 0 Å². The molecular weight excluding hydrogens is 370 g/mol. The molecule has 0 atom stereocenters. The molecule has 29 heavy (non-hydrogen) atoms. The van der Waals surface area contributed by atoms with E-state index in [9.17, 15) is 14.7 Å². The number of hydrogen-bond acceptors (Lipinski definition) is 6. The Morgan fingerprint density at radius 3 is 2.24 bits per heavy atom. The highest BCUT2D eigenvalue weighted by Gasteiger charge is 2.19. The lowest BCUT2D eigenvalue weighted by Crippen LogP contribution is -2.20. The lowest BCUT2D eigenvalue weighted by Gasteiger charge is -2.09. The van der Waals surface area contributed by atoms with E-state index in [1.807, 2.05) is 18.2 Å². The highest BCUT2D eigenvalue weighted by molar-refractivity contribution is 6.51. The Balaban J connectivity index is 1.64. The maximum Gasteiger partial charge on any atom is 0.262 e. The Kier molecular flexibility index (Phi) is 6.22. The molecule has 0 aliphatic carbocycles. The molecule has 7 heteroatoms. The monoisotopic (exact) mass is 389 g/mol. The second-order valence-corrected chi connectivity index (χ2v) is 6.05. The van der Waals surface area contributed by atoms with Gasteiger partial charge in [0.25, 0.3) is 5.91 Å². The van der Waals surface area contributed by atoms with Crippen LogP contribution in [0.5, 0.6) is 11.5 Å². The number of para-hydroxylation sites is 2. The van der Waals surface area contributed by atoms with Crippen LogP contribution in [0.4, 0.5) is 5.69 Å². The van der Waals surface area contributed by atoms with Crippen LogP contribution in [0.2, 0.25) is 0 Å². The first-order valence-electron chi connectivity index (χ1n) is 8.77. The van der Waals surface area contributed by atoms with E-state index in [0.29, 0.717) is 17.0 Å². The lowest BCUT2D eigenvalue weighted by molar-refractivity contribution is -0.118. The number of hydrogen-bond donors (Lipinski definition) is 3. The normalized spacial score (nSPS) is 11.0. The SMILES string of the molecule is N/N=C(/C(=O)c1ccccc1O)c1ccc(OCC(=O)Nc2ccccc2)cc1. The molecule has 7 nitrogen and oxygen atoms in total. The van der Waals surface area contributed by atoms with Crippen molar-refractivity contribution >= 4 is 23.1 Å². The molecule has 0 radical (unpaired) electrons. The van der Waals surface area contributed by atoms with Crippen LogP contribution in [0.3, 0.4) is 0 Å². The van der Waals surface area contributed by atoms with Crippen molar-refractivity contribution in [3.8, 4) is 11.5 Å². The summed E-state index contributed by atoms with van der Waals surface area (Å²) < 4.78 is 5.46. The number of anilines is 1. The molecule has 0 aliphatic rings. The molecule has 0 bridgehead atoms. The molecule has 146 valence electrons. The summed E-state index contributed by atoms with van der Waals surface area (Å²) >= 11 is 0. The van der Waals surface area contributed by atoms with E-state index in [1.54, 1.807) is 48.5 Å². The third-order valence-corrected chi connectivity index (χ3v) is 4.05. The van der Waals surface area contributed by atoms with Crippen LogP contribution in [-0.2, 0) is 4.79 Å². The number of carbonyl (C=O) groups is 2. The second-order valence-electron chi connectivity index (χ2n) is 6.05. The summed E-state index contributed by atoms with van der Waals surface area (Å²) in [6, 6.07) is 21.6. The van der Waals surface area contributed by atoms with E-state index < -0.39 is 5.78 Å². The third kappa shape index (κ3) is 4.98. The van der Waals surface area contributed by atoms with Gasteiger partial charge in [-0.25, -0.2) is 0 Å². The summed E-state index contributed by atoms with van der Waals surface area (Å²) in [5.74, 6) is 4.91. The molecular formula is C22H19N3O4. The van der Waals surface area contributed by atoms with Gasteiger partial charge in [-0.1, -0.05) is 30.3 Å². The first kappa shape index (κ1) is 19.6. The number of hydrazone groups is 1. The number of amides is 1. The van der Waals surface area contributed by atoms with Crippen LogP contribution in [0, 0.1) is 0 Å². The van der Waals surface area contributed by atoms with Gasteiger partial charge in [0.2, 0.25) is 5.78 Å². The number of benzene rings is 3. The van der Waals surface area contributed by atoms with Crippen LogP contribution < -0.4 is 15.9 Å². The molecule has 4 N–H and O–H groups in total. The number of ether oxygens (including phenoxy) is 1. The van der Waals surface area contributed by atoms with Gasteiger partial charge in [-0.3, -0.25) is 9.59 Å². The van der Waals surface area contributed by atoms with Crippen molar-refractivity contribution in [3.05, 3.63) is 90.0 Å². The minimum absolute atomic E-state index is 0.000120. The lowest BCUT2D eigenvalue weighted by atomic mass is 10.00. The van der Waals surface area contributed by atoms with Gasteiger partial charge in [-0.2, -0.15) is 5.10 Å². The first-order chi connectivity index (χ1) is 14.1. The highest BCUT2D eigenvalue weighted by atomic mass is 16.5. The van der Waals surface area contributed by atoms with Crippen molar-refractivity contribution in [2.45, 2.75) is 0 Å². The number of nitrogens with two attached hydrogens (primary N) is 1. The van der Waals surface area contributed by atoms with E-state index in [1.165, 1.54) is 12.1 Å². The number of aromatic hydroxyl groups is 1. The predicted octanol–water partition coefficient (Wildman–Crippen LogP) is 2.96. The molecule has 3 aromatic carbocycles. The molecule has 0 fully saturated rings. The van der Waals surface area contributed by atoms with Crippen LogP contribution in [0.15, 0.2) is 84.0 Å². The first-order valence-corrected chi connectivity index (χ1v) is 8.77. The molecule has 0 aromatic heterocycles. The summed E-state index contributed by atoms with van der Waals surface area (Å²) in [7, 11) is 0. The number of phenols is 1. The van der Waals surface area contributed by atoms with Gasteiger partial charge >= 0.3 is 0 Å². The fourth-order valence-electron chi connectivity index (χ4n) is 2.63. The molecule has 0 spiro atoms. The molecule has 3 rings (SSSR count). The van der Waals surface area contributed by atoms with Gasteiger partial charge in [-0.05, 0) is 48.5 Å². The maximum absolute atomic E-state index is 12.6. The van der Waals surface area contributed by atoms with Crippen molar-refractivity contribution in [1.29, 1.82) is 0 Å². The van der Waals surface area contributed by atoms with Crippen molar-refractivity contribution in [2.75, 3.05) is 11.9 Å². The van der Waals surface area contributed by atoms with Gasteiger partial charge < -0.3 is 21.0 Å². The minimum Gasteiger partial charge on any atom is -0.507 e. The van der Waals surface area contributed by atoms with E-state index in [0.717, 1.165) is 0 Å². The molecule has 0 heterocycles. The number of nitrogens with zero attached hydrogens (tertiary/aromatic N) is 1. The Hall–Kier alpha value is -4.13. The van der Waals surface area contributed by atoms with Gasteiger partial charge in [0.15, 0.2) is 6.61 Å². The summed E-state index contributed by atoms with van der Waals surface area (Å²) in [6.45, 7) is -0.164. The Morgan fingerprint density at radius 2 is 1.59 bits per heavy atom. The van der Waals surface area contributed by atoms with Crippen LogP contribution in [-0.4, -0.2) is 29.1 Å². The van der Waals surface area contributed by atoms with Gasteiger partial charge in [0.05, 0.1) is 5.56 Å². The Labute approximate surface area is 167 Å². The zero-order chi connectivity index (χ0) is 20.6. The molecule has 1 amide bonds. The Bertz CT molecular complexity index is 1030. The van der Waals surface area contributed by atoms with Crippen molar-refractivity contribution in [2.24, 2.45) is 10.9 Å². The Morgan fingerprint density at radius 1 is 0.931 bits per heavy atom. The van der Waals surface area contributed by atoms with Crippen molar-refractivity contribution in [3.63, 3.8) is 0 Å². The van der Waals surface area contributed by atoms with Gasteiger partial charge in [-0.15, -0.1) is 0 Å². The second kappa shape index (κ2) is 9.18. The summed E-state index contributed by atoms with van der Waals surface area (Å²) in [5.41, 5.74) is 1.25. The summed E-state index contributed by atoms with van der Waals surface area (Å²) in [5, 5.41) is 16.2. The minimum atomic E-state index is -0.499. The van der Waals surface area contributed by atoms with Crippen LogP contribution in [0.25, 0.3) is 0 Å². The zero-order valence-corrected chi connectivity index (χ0v) is 15.4. The average molecular weight is 389 g/mol. The smallest absolute Gasteiger partial charge is 0.262 e. The number of ketones is 1. The largest absolute Gasteiger partial charge is 0.507 e. The van der Waals surface area contributed by atoms with E-state index in [4.69, 9.17) is 10.6 Å². The summed E-state index contributed by atoms with van der Waals surface area (Å²) in [6.07, 6.45) is 0. The third-order valence-electron chi connectivity index (χ3n) is 4.05. The number of nitrogens with one attached hydrogen (secondary N) is 1. The van der Waals surface area contributed by atoms with Gasteiger partial charge in [0.1, 0.15) is 17.2 Å². The molecule has 0 saturated heterocycles. The predicted molar refractivity (Wildman–Crippen MR) is 110 cm³/mol. The fraction of sp³-hybridized carbons (Fsp3) is 0.0455. The standard InChI is InChI=1S/C22H19N3O4/c23-25-21(22(28)18-8-4-5-9-19(18)26)15-10-12-17(13-11-15)29-14-20(27)24-16-6-2-1-3-7-16/h1-13,26H,14,23H2,(H,24,27)/b25-21+. The summed E-state index contributed by atoms with van der Waals surface area (Å²) in [4.78, 5) is 24.6. The van der Waals surface area contributed by atoms with Crippen molar-refractivity contribution < 1.29 is 19.4 Å². The van der Waals surface area contributed by atoms with Crippen LogP contribution in [0.1, 0.15) is 15.9 Å². The maximum atomic E-state index is 12.6. The number of carbonyl (C=O) groups excluding carboxylic acids is 2. The number of phenolic OH excluding ortho intramolecular Hbond substituents is 1. The van der Waals surface area contributed by atoms with E-state index in [2.05, 4.69) is 10.4 Å². The van der Waals surface area contributed by atoms with Gasteiger partial charge in [0, 0.05) is 11.3 Å². The van der Waals surface area contributed by atoms with Crippen LogP contribution >= 0.6 is 0 Å². The topological polar surface area (TPSA) is 114 Å². The average Bonchev–Trinajstić information content (AvgIpc) is 2.74. The quantitative estimate of drug-likeness (QED) is 0.249. The molecule has 3 aromatic rings. The van der Waals surface area contributed by atoms with Crippen molar-refractivity contribution in [1.82, 2.24) is 0 Å². The molecule has 0 unspecified atom stereocenters. The fourth-order valence-corrected chi connectivity index (χ4v) is 2.63. The number of rotatable bonds is 7. The molecule has 0 aliphatic heterocycles.